The topological polar surface area (TPSA) is 90.7 Å². The van der Waals surface area contributed by atoms with Crippen LogP contribution in [0.25, 0.3) is 0 Å². The van der Waals surface area contributed by atoms with Gasteiger partial charge in [0, 0.05) is 17.8 Å². The quantitative estimate of drug-likeness (QED) is 0.608. The lowest BCUT2D eigenvalue weighted by Gasteiger charge is -2.12. The summed E-state index contributed by atoms with van der Waals surface area (Å²) < 4.78 is 10.1. The predicted molar refractivity (Wildman–Crippen MR) is 77.7 cm³/mol. The maximum absolute atomic E-state index is 11.6. The van der Waals surface area contributed by atoms with E-state index in [1.165, 1.54) is 0 Å². The zero-order chi connectivity index (χ0) is 15.1. The molecule has 21 heavy (non-hydrogen) atoms. The van der Waals surface area contributed by atoms with Gasteiger partial charge >= 0.3 is 5.97 Å². The summed E-state index contributed by atoms with van der Waals surface area (Å²) in [6.07, 6.45) is 4.27. The highest BCUT2D eigenvalue weighted by atomic mass is 16.6. The molecule has 6 nitrogen and oxygen atoms in total. The molecule has 0 unspecified atom stereocenters. The summed E-state index contributed by atoms with van der Waals surface area (Å²) in [5, 5.41) is 2.84. The molecule has 1 aromatic carbocycles. The number of rotatable bonds is 6. The molecule has 1 aliphatic carbocycles. The average Bonchev–Trinajstić information content (AvgIpc) is 2.96. The first-order valence-corrected chi connectivity index (χ1v) is 7.07. The van der Waals surface area contributed by atoms with Gasteiger partial charge in [-0.3, -0.25) is 4.79 Å². The minimum atomic E-state index is -0.584. The Hall–Kier alpha value is -2.24. The smallest absolute Gasteiger partial charge is 0.344 e. The van der Waals surface area contributed by atoms with Gasteiger partial charge < -0.3 is 20.5 Å². The molecular formula is C15H20N2O4. The molecule has 1 saturated carbocycles. The van der Waals surface area contributed by atoms with Crippen LogP contribution in [0, 0.1) is 0 Å². The van der Waals surface area contributed by atoms with E-state index in [2.05, 4.69) is 5.32 Å². The molecule has 0 radical (unpaired) electrons. The number of hydrogen-bond acceptors (Lipinski definition) is 5. The van der Waals surface area contributed by atoms with Crippen molar-refractivity contribution in [3.63, 3.8) is 0 Å². The van der Waals surface area contributed by atoms with Crippen molar-refractivity contribution in [2.24, 2.45) is 0 Å². The normalized spacial score (nSPS) is 14.7. The number of esters is 1. The summed E-state index contributed by atoms with van der Waals surface area (Å²) in [4.78, 5) is 23.1. The first-order valence-electron chi connectivity index (χ1n) is 7.07. The Bertz CT molecular complexity index is 498. The third-order valence-corrected chi connectivity index (χ3v) is 3.30. The molecule has 1 aromatic rings. The van der Waals surface area contributed by atoms with Crippen LogP contribution in [0.1, 0.15) is 25.7 Å². The summed E-state index contributed by atoms with van der Waals surface area (Å²) in [5.41, 5.74) is 6.14. The van der Waals surface area contributed by atoms with E-state index in [9.17, 15) is 9.59 Å². The number of benzene rings is 1. The van der Waals surface area contributed by atoms with Crippen LogP contribution in [0.2, 0.25) is 0 Å². The third kappa shape index (κ3) is 5.33. The van der Waals surface area contributed by atoms with Gasteiger partial charge in [0.15, 0.2) is 13.2 Å². The minimum absolute atomic E-state index is 0.222. The third-order valence-electron chi connectivity index (χ3n) is 3.30. The molecule has 3 N–H and O–H groups in total. The monoisotopic (exact) mass is 292 g/mol. The van der Waals surface area contributed by atoms with E-state index >= 15 is 0 Å². The molecule has 6 heteroatoms. The Morgan fingerprint density at radius 3 is 2.71 bits per heavy atom. The first kappa shape index (κ1) is 15.2. The zero-order valence-electron chi connectivity index (χ0n) is 11.8. The Morgan fingerprint density at radius 1 is 1.24 bits per heavy atom. The van der Waals surface area contributed by atoms with Crippen molar-refractivity contribution in [2.75, 3.05) is 18.9 Å². The van der Waals surface area contributed by atoms with Crippen LogP contribution in [0.15, 0.2) is 24.3 Å². The van der Waals surface area contributed by atoms with Gasteiger partial charge in [-0.05, 0) is 25.0 Å². The number of carbonyl (C=O) groups is 2. The van der Waals surface area contributed by atoms with E-state index in [-0.39, 0.29) is 25.2 Å². The van der Waals surface area contributed by atoms with Crippen LogP contribution in [0.3, 0.4) is 0 Å². The van der Waals surface area contributed by atoms with Gasteiger partial charge in [-0.25, -0.2) is 4.79 Å². The zero-order valence-corrected chi connectivity index (χ0v) is 11.8. The molecule has 1 fully saturated rings. The average molecular weight is 292 g/mol. The number of nitrogens with two attached hydrogens (primary N) is 1. The van der Waals surface area contributed by atoms with Gasteiger partial charge in [0.25, 0.3) is 5.91 Å². The Kier molecular flexibility index (Phi) is 5.43. The fourth-order valence-corrected chi connectivity index (χ4v) is 2.27. The molecule has 1 amide bonds. The van der Waals surface area contributed by atoms with Crippen molar-refractivity contribution in [1.82, 2.24) is 5.32 Å². The molecule has 0 bridgehead atoms. The number of nitrogen functional groups attached to an aromatic ring is 1. The highest BCUT2D eigenvalue weighted by molar-refractivity contribution is 5.81. The summed E-state index contributed by atoms with van der Waals surface area (Å²) in [6, 6.07) is 6.97. The molecular weight excluding hydrogens is 272 g/mol. The van der Waals surface area contributed by atoms with Crippen molar-refractivity contribution in [3.05, 3.63) is 24.3 Å². The maximum Gasteiger partial charge on any atom is 0.344 e. The lowest BCUT2D eigenvalue weighted by molar-refractivity contribution is -0.150. The second-order valence-corrected chi connectivity index (χ2v) is 5.07. The molecule has 0 aromatic heterocycles. The van der Waals surface area contributed by atoms with Gasteiger partial charge in [-0.1, -0.05) is 18.9 Å². The molecule has 0 heterocycles. The van der Waals surface area contributed by atoms with Gasteiger partial charge in [-0.15, -0.1) is 0 Å². The van der Waals surface area contributed by atoms with E-state index in [1.807, 2.05) is 0 Å². The maximum atomic E-state index is 11.6. The first-order chi connectivity index (χ1) is 10.1. The molecule has 2 rings (SSSR count). The van der Waals surface area contributed by atoms with Crippen molar-refractivity contribution in [1.29, 1.82) is 0 Å². The van der Waals surface area contributed by atoms with Crippen molar-refractivity contribution >= 4 is 17.6 Å². The van der Waals surface area contributed by atoms with Gasteiger partial charge in [-0.2, -0.15) is 0 Å². The molecule has 0 aliphatic heterocycles. The van der Waals surface area contributed by atoms with Crippen molar-refractivity contribution in [2.45, 2.75) is 31.7 Å². The number of hydrogen-bond donors (Lipinski definition) is 2. The van der Waals surface area contributed by atoms with Crippen molar-refractivity contribution < 1.29 is 19.1 Å². The van der Waals surface area contributed by atoms with Gasteiger partial charge in [0.2, 0.25) is 0 Å². The SMILES string of the molecule is Nc1cccc(OCC(=O)OCC(=O)NC2CCCC2)c1. The number of amides is 1. The highest BCUT2D eigenvalue weighted by Crippen LogP contribution is 2.17. The largest absolute Gasteiger partial charge is 0.482 e. The van der Waals surface area contributed by atoms with E-state index in [4.69, 9.17) is 15.2 Å². The summed E-state index contributed by atoms with van der Waals surface area (Å²) >= 11 is 0. The van der Waals surface area contributed by atoms with Crippen molar-refractivity contribution in [3.8, 4) is 5.75 Å². The number of ether oxygens (including phenoxy) is 2. The Labute approximate surface area is 123 Å². The Morgan fingerprint density at radius 2 is 2.00 bits per heavy atom. The van der Waals surface area contributed by atoms with E-state index in [0.717, 1.165) is 25.7 Å². The van der Waals surface area contributed by atoms with Crippen LogP contribution in [-0.2, 0) is 14.3 Å². The fourth-order valence-electron chi connectivity index (χ4n) is 2.27. The van der Waals surface area contributed by atoms with Gasteiger partial charge in [0.1, 0.15) is 5.75 Å². The van der Waals surface area contributed by atoms with Crippen LogP contribution < -0.4 is 15.8 Å². The standard InChI is InChI=1S/C15H20N2O4/c16-11-4-3-7-13(8-11)20-10-15(19)21-9-14(18)17-12-5-1-2-6-12/h3-4,7-8,12H,1-2,5-6,9-10,16H2,(H,17,18). The molecule has 1 aliphatic rings. The van der Waals surface area contributed by atoms with Gasteiger partial charge in [0.05, 0.1) is 0 Å². The lowest BCUT2D eigenvalue weighted by atomic mass is 10.2. The molecule has 0 atom stereocenters. The number of carbonyl (C=O) groups excluding carboxylic acids is 2. The summed E-state index contributed by atoms with van der Waals surface area (Å²) in [7, 11) is 0. The second-order valence-electron chi connectivity index (χ2n) is 5.07. The van der Waals surface area contributed by atoms with Crippen LogP contribution in [0.4, 0.5) is 5.69 Å². The molecule has 114 valence electrons. The fraction of sp³-hybridized carbons (Fsp3) is 0.467. The van der Waals surface area contributed by atoms with Crippen LogP contribution in [0.5, 0.6) is 5.75 Å². The summed E-state index contributed by atoms with van der Waals surface area (Å²) in [6.45, 7) is -0.518. The molecule has 0 spiro atoms. The van der Waals surface area contributed by atoms with E-state index in [0.29, 0.717) is 11.4 Å². The minimum Gasteiger partial charge on any atom is -0.482 e. The molecule has 0 saturated heterocycles. The Balaban J connectivity index is 1.64. The number of anilines is 1. The predicted octanol–water partition coefficient (Wildman–Crippen LogP) is 1.25. The van der Waals surface area contributed by atoms with Crippen LogP contribution in [-0.4, -0.2) is 31.1 Å². The number of nitrogens with one attached hydrogen (secondary N) is 1. The summed E-state index contributed by atoms with van der Waals surface area (Å²) in [5.74, 6) is -0.361. The lowest BCUT2D eigenvalue weighted by Crippen LogP contribution is -2.36. The highest BCUT2D eigenvalue weighted by Gasteiger charge is 2.17. The van der Waals surface area contributed by atoms with Crippen LogP contribution >= 0.6 is 0 Å². The van der Waals surface area contributed by atoms with E-state index < -0.39 is 5.97 Å². The van der Waals surface area contributed by atoms with E-state index in [1.54, 1.807) is 24.3 Å². The second kappa shape index (κ2) is 7.52.